The molecular weight excluding hydrogens is 170 g/mol. The molecule has 0 saturated carbocycles. The molecule has 0 radical (unpaired) electrons. The fraction of sp³-hybridized carbons (Fsp3) is 0.846. The van der Waals surface area contributed by atoms with Crippen LogP contribution in [0.25, 0.3) is 0 Å². The molecule has 2 rings (SSSR count). The van der Waals surface area contributed by atoms with Crippen LogP contribution in [0.5, 0.6) is 0 Å². The summed E-state index contributed by atoms with van der Waals surface area (Å²) in [5.74, 6) is 2.62. The van der Waals surface area contributed by atoms with Crippen molar-refractivity contribution in [2.45, 2.75) is 33.1 Å². The minimum absolute atomic E-state index is 0.842. The number of hydrogen-bond acceptors (Lipinski definition) is 1. The molecule has 1 heterocycles. The molecule has 0 aromatic carbocycles. The molecule has 1 heteroatoms. The summed E-state index contributed by atoms with van der Waals surface area (Å²) in [6.07, 6.45) is 6.77. The summed E-state index contributed by atoms with van der Waals surface area (Å²) in [5, 5.41) is 0. The maximum absolute atomic E-state index is 2.56. The maximum Gasteiger partial charge on any atom is 0.000979 e. The maximum atomic E-state index is 2.56. The first kappa shape index (κ1) is 10.2. The van der Waals surface area contributed by atoms with E-state index in [1.54, 1.807) is 5.57 Å². The number of rotatable bonds is 0. The number of allylic oxidation sites excluding steroid dienone is 2. The summed E-state index contributed by atoms with van der Waals surface area (Å²) in [4.78, 5) is 2.54. The van der Waals surface area contributed by atoms with Gasteiger partial charge in [-0.15, -0.1) is 0 Å². The SMILES string of the molecule is CC1=CC2CCC(C1)CN(C)CC2C. The van der Waals surface area contributed by atoms with Crippen LogP contribution >= 0.6 is 0 Å². The highest BCUT2D eigenvalue weighted by Crippen LogP contribution is 2.33. The third-order valence-corrected chi connectivity index (χ3v) is 3.92. The lowest BCUT2D eigenvalue weighted by Crippen LogP contribution is -2.34. The van der Waals surface area contributed by atoms with Gasteiger partial charge >= 0.3 is 0 Å². The van der Waals surface area contributed by atoms with E-state index < -0.39 is 0 Å². The molecule has 1 nitrogen and oxygen atoms in total. The van der Waals surface area contributed by atoms with E-state index >= 15 is 0 Å². The Morgan fingerprint density at radius 3 is 2.86 bits per heavy atom. The summed E-state index contributed by atoms with van der Waals surface area (Å²) in [5.41, 5.74) is 1.64. The van der Waals surface area contributed by atoms with E-state index in [0.717, 1.165) is 17.8 Å². The van der Waals surface area contributed by atoms with E-state index in [2.05, 4.69) is 31.9 Å². The second-order valence-corrected chi connectivity index (χ2v) is 5.52. The van der Waals surface area contributed by atoms with E-state index in [-0.39, 0.29) is 0 Å². The lowest BCUT2D eigenvalue weighted by atomic mass is 9.86. The summed E-state index contributed by atoms with van der Waals surface area (Å²) in [7, 11) is 2.28. The molecule has 0 amide bonds. The zero-order valence-electron chi connectivity index (χ0n) is 9.79. The second-order valence-electron chi connectivity index (χ2n) is 5.52. The lowest BCUT2D eigenvalue weighted by molar-refractivity contribution is 0.184. The molecule has 2 bridgehead atoms. The highest BCUT2D eigenvalue weighted by molar-refractivity contribution is 5.07. The van der Waals surface area contributed by atoms with E-state index in [1.165, 1.54) is 32.4 Å². The van der Waals surface area contributed by atoms with Crippen molar-refractivity contribution in [3.05, 3.63) is 11.6 Å². The number of nitrogens with zero attached hydrogens (tertiary/aromatic N) is 1. The van der Waals surface area contributed by atoms with Crippen molar-refractivity contribution in [2.75, 3.05) is 20.1 Å². The van der Waals surface area contributed by atoms with Crippen LogP contribution in [0.4, 0.5) is 0 Å². The van der Waals surface area contributed by atoms with Crippen LogP contribution in [0.1, 0.15) is 33.1 Å². The van der Waals surface area contributed by atoms with E-state index in [4.69, 9.17) is 0 Å². The van der Waals surface area contributed by atoms with Gasteiger partial charge in [-0.05, 0) is 51.0 Å². The average molecular weight is 193 g/mol. The first-order valence-corrected chi connectivity index (χ1v) is 6.01. The molecule has 0 spiro atoms. The molecule has 2 aliphatic rings. The number of likely N-dealkylation sites (tertiary alicyclic amines) is 1. The van der Waals surface area contributed by atoms with Gasteiger partial charge in [-0.1, -0.05) is 18.6 Å². The molecule has 0 N–H and O–H groups in total. The summed E-state index contributed by atoms with van der Waals surface area (Å²) in [6.45, 7) is 7.33. The molecule has 80 valence electrons. The Kier molecular flexibility index (Phi) is 2.96. The molecule has 0 aromatic rings. The minimum atomic E-state index is 0.842. The van der Waals surface area contributed by atoms with Gasteiger partial charge in [-0.25, -0.2) is 0 Å². The summed E-state index contributed by atoms with van der Waals surface area (Å²) >= 11 is 0. The van der Waals surface area contributed by atoms with Gasteiger partial charge in [-0.2, -0.15) is 0 Å². The Balaban J connectivity index is 2.19. The molecular formula is C13H23N. The van der Waals surface area contributed by atoms with Crippen LogP contribution in [0.15, 0.2) is 11.6 Å². The van der Waals surface area contributed by atoms with Gasteiger partial charge in [0.1, 0.15) is 0 Å². The largest absolute Gasteiger partial charge is 0.306 e. The second kappa shape index (κ2) is 4.06. The summed E-state index contributed by atoms with van der Waals surface area (Å²) < 4.78 is 0. The smallest absolute Gasteiger partial charge is 0.000979 e. The van der Waals surface area contributed by atoms with Crippen molar-refractivity contribution in [3.63, 3.8) is 0 Å². The normalized spacial score (nSPS) is 39.9. The third-order valence-electron chi connectivity index (χ3n) is 3.92. The Bertz CT molecular complexity index is 231. The standard InChI is InChI=1S/C13H23N/c1-10-6-12-4-5-13(7-10)11(2)8-14(3)9-12/h7,11-13H,4-6,8-9H2,1-3H3. The van der Waals surface area contributed by atoms with Gasteiger partial charge in [0.15, 0.2) is 0 Å². The topological polar surface area (TPSA) is 3.24 Å². The van der Waals surface area contributed by atoms with Crippen molar-refractivity contribution < 1.29 is 0 Å². The van der Waals surface area contributed by atoms with Crippen LogP contribution in [-0.2, 0) is 0 Å². The molecule has 3 unspecified atom stereocenters. The van der Waals surface area contributed by atoms with Gasteiger partial charge in [0, 0.05) is 13.1 Å². The predicted octanol–water partition coefficient (Wildman–Crippen LogP) is 2.93. The highest BCUT2D eigenvalue weighted by atomic mass is 15.1. The van der Waals surface area contributed by atoms with Gasteiger partial charge in [0.05, 0.1) is 0 Å². The van der Waals surface area contributed by atoms with Crippen LogP contribution in [0, 0.1) is 17.8 Å². The fourth-order valence-corrected chi connectivity index (χ4v) is 3.25. The zero-order chi connectivity index (χ0) is 10.1. The van der Waals surface area contributed by atoms with Crippen LogP contribution < -0.4 is 0 Å². The lowest BCUT2D eigenvalue weighted by Gasteiger charge is -2.31. The van der Waals surface area contributed by atoms with E-state index in [1.807, 2.05) is 0 Å². The molecule has 1 fully saturated rings. The van der Waals surface area contributed by atoms with Crippen molar-refractivity contribution in [2.24, 2.45) is 17.8 Å². The van der Waals surface area contributed by atoms with Gasteiger partial charge in [0.25, 0.3) is 0 Å². The minimum Gasteiger partial charge on any atom is -0.306 e. The highest BCUT2D eigenvalue weighted by Gasteiger charge is 2.26. The molecule has 1 saturated heterocycles. The molecule has 14 heavy (non-hydrogen) atoms. The van der Waals surface area contributed by atoms with Gasteiger partial charge in [-0.3, -0.25) is 0 Å². The molecule has 0 aromatic heterocycles. The van der Waals surface area contributed by atoms with Crippen molar-refractivity contribution >= 4 is 0 Å². The molecule has 1 aliphatic heterocycles. The molecule has 3 atom stereocenters. The average Bonchev–Trinajstić information content (AvgIpc) is 2.23. The summed E-state index contributed by atoms with van der Waals surface area (Å²) in [6, 6.07) is 0. The Morgan fingerprint density at radius 1 is 1.29 bits per heavy atom. The van der Waals surface area contributed by atoms with Crippen molar-refractivity contribution in [1.29, 1.82) is 0 Å². The Morgan fingerprint density at radius 2 is 2.07 bits per heavy atom. The quantitative estimate of drug-likeness (QED) is 0.535. The third kappa shape index (κ3) is 2.20. The number of fused-ring (bicyclic) bond motifs is 3. The Hall–Kier alpha value is -0.300. The van der Waals surface area contributed by atoms with Crippen LogP contribution in [0.3, 0.4) is 0 Å². The first-order valence-electron chi connectivity index (χ1n) is 6.01. The van der Waals surface area contributed by atoms with Gasteiger partial charge < -0.3 is 4.90 Å². The first-order chi connectivity index (χ1) is 6.65. The van der Waals surface area contributed by atoms with Crippen LogP contribution in [0.2, 0.25) is 0 Å². The number of hydrogen-bond donors (Lipinski definition) is 0. The predicted molar refractivity (Wildman–Crippen MR) is 61.2 cm³/mol. The molecule has 1 aliphatic carbocycles. The van der Waals surface area contributed by atoms with Crippen molar-refractivity contribution in [1.82, 2.24) is 4.90 Å². The van der Waals surface area contributed by atoms with Crippen molar-refractivity contribution in [3.8, 4) is 0 Å². The fourth-order valence-electron chi connectivity index (χ4n) is 3.25. The van der Waals surface area contributed by atoms with Crippen LogP contribution in [-0.4, -0.2) is 25.0 Å². The zero-order valence-corrected chi connectivity index (χ0v) is 9.79. The van der Waals surface area contributed by atoms with Gasteiger partial charge in [0.2, 0.25) is 0 Å². The Labute approximate surface area is 88.2 Å². The van der Waals surface area contributed by atoms with E-state index in [9.17, 15) is 0 Å². The van der Waals surface area contributed by atoms with E-state index in [0.29, 0.717) is 0 Å². The monoisotopic (exact) mass is 193 g/mol.